The van der Waals surface area contributed by atoms with Crippen LogP contribution in [0.15, 0.2) is 24.3 Å². The van der Waals surface area contributed by atoms with Crippen molar-refractivity contribution in [1.82, 2.24) is 0 Å². The van der Waals surface area contributed by atoms with Crippen LogP contribution in [0.3, 0.4) is 0 Å². The van der Waals surface area contributed by atoms with Crippen molar-refractivity contribution in [3.63, 3.8) is 0 Å². The molecule has 4 nitrogen and oxygen atoms in total. The minimum Gasteiger partial charge on any atom is -0.462 e. The number of esters is 1. The first-order chi connectivity index (χ1) is 9.19. The molecule has 1 fully saturated rings. The van der Waals surface area contributed by atoms with Crippen LogP contribution in [-0.2, 0) is 4.74 Å². The van der Waals surface area contributed by atoms with Crippen molar-refractivity contribution < 1.29 is 14.6 Å². The third-order valence-corrected chi connectivity index (χ3v) is 3.44. The fourth-order valence-corrected chi connectivity index (χ4v) is 2.41. The molecular weight excluding hydrogens is 242 g/mol. The Morgan fingerprint density at radius 1 is 1.37 bits per heavy atom. The lowest BCUT2D eigenvalue weighted by Crippen LogP contribution is -2.28. The second-order valence-electron chi connectivity index (χ2n) is 4.95. The molecule has 1 aromatic carbocycles. The quantitative estimate of drug-likeness (QED) is 0.820. The highest BCUT2D eigenvalue weighted by molar-refractivity contribution is 5.90. The molecule has 0 unspecified atom stereocenters. The van der Waals surface area contributed by atoms with Gasteiger partial charge in [0.2, 0.25) is 0 Å². The molecule has 2 rings (SSSR count). The first kappa shape index (κ1) is 13.9. The molecule has 4 heteroatoms. The molecule has 0 radical (unpaired) electrons. The van der Waals surface area contributed by atoms with Crippen LogP contribution in [0.2, 0.25) is 0 Å². The van der Waals surface area contributed by atoms with Gasteiger partial charge in [-0.2, -0.15) is 0 Å². The molecule has 0 aromatic heterocycles. The van der Waals surface area contributed by atoms with Gasteiger partial charge in [-0.25, -0.2) is 4.79 Å². The fourth-order valence-electron chi connectivity index (χ4n) is 2.41. The number of carbonyl (C=O) groups excluding carboxylic acids is 1. The van der Waals surface area contributed by atoms with E-state index in [0.29, 0.717) is 18.2 Å². The van der Waals surface area contributed by atoms with E-state index in [0.717, 1.165) is 31.4 Å². The molecule has 0 atom stereocenters. The van der Waals surface area contributed by atoms with Crippen LogP contribution in [0.1, 0.15) is 43.0 Å². The monoisotopic (exact) mass is 263 g/mol. The number of carbonyl (C=O) groups is 1. The maximum atomic E-state index is 11.6. The zero-order chi connectivity index (χ0) is 13.7. The van der Waals surface area contributed by atoms with Gasteiger partial charge >= 0.3 is 5.97 Å². The van der Waals surface area contributed by atoms with E-state index in [2.05, 4.69) is 5.32 Å². The Kier molecular flexibility index (Phi) is 4.80. The van der Waals surface area contributed by atoms with Crippen LogP contribution in [0.5, 0.6) is 0 Å². The van der Waals surface area contributed by atoms with Gasteiger partial charge in [0.05, 0.1) is 18.3 Å². The van der Waals surface area contributed by atoms with Crippen LogP contribution < -0.4 is 5.32 Å². The first-order valence-electron chi connectivity index (χ1n) is 6.91. The SMILES string of the molecule is CCOC(=O)c1cccc(NC2CCC(O)CC2)c1. The highest BCUT2D eigenvalue weighted by Gasteiger charge is 2.19. The van der Waals surface area contributed by atoms with Crippen LogP contribution in [-0.4, -0.2) is 29.8 Å². The third kappa shape index (κ3) is 3.96. The van der Waals surface area contributed by atoms with Crippen molar-refractivity contribution in [3.8, 4) is 0 Å². The minimum absolute atomic E-state index is 0.149. The molecule has 1 aromatic rings. The second-order valence-corrected chi connectivity index (χ2v) is 4.95. The van der Waals surface area contributed by atoms with E-state index in [9.17, 15) is 9.90 Å². The largest absolute Gasteiger partial charge is 0.462 e. The number of aliphatic hydroxyl groups excluding tert-OH is 1. The van der Waals surface area contributed by atoms with Gasteiger partial charge in [-0.15, -0.1) is 0 Å². The Balaban J connectivity index is 1.97. The van der Waals surface area contributed by atoms with Gasteiger partial charge in [0.1, 0.15) is 0 Å². The molecule has 1 saturated carbocycles. The molecule has 2 N–H and O–H groups in total. The summed E-state index contributed by atoms with van der Waals surface area (Å²) < 4.78 is 4.99. The van der Waals surface area contributed by atoms with Gasteiger partial charge < -0.3 is 15.2 Å². The zero-order valence-electron chi connectivity index (χ0n) is 11.3. The normalized spacial score (nSPS) is 22.8. The minimum atomic E-state index is -0.287. The van der Waals surface area contributed by atoms with E-state index in [1.807, 2.05) is 18.2 Å². The number of rotatable bonds is 4. The van der Waals surface area contributed by atoms with Crippen molar-refractivity contribution in [2.24, 2.45) is 0 Å². The van der Waals surface area contributed by atoms with E-state index in [1.165, 1.54) is 0 Å². The van der Waals surface area contributed by atoms with Crippen LogP contribution in [0.4, 0.5) is 5.69 Å². The summed E-state index contributed by atoms with van der Waals surface area (Å²) >= 11 is 0. The summed E-state index contributed by atoms with van der Waals surface area (Å²) in [7, 11) is 0. The fraction of sp³-hybridized carbons (Fsp3) is 0.533. The Bertz CT molecular complexity index is 425. The van der Waals surface area contributed by atoms with Gasteiger partial charge in [0, 0.05) is 11.7 Å². The number of anilines is 1. The summed E-state index contributed by atoms with van der Waals surface area (Å²) in [6, 6.07) is 7.76. The summed E-state index contributed by atoms with van der Waals surface area (Å²) in [6.07, 6.45) is 3.46. The van der Waals surface area contributed by atoms with Crippen molar-refractivity contribution in [2.75, 3.05) is 11.9 Å². The molecule has 0 aliphatic heterocycles. The van der Waals surface area contributed by atoms with E-state index >= 15 is 0 Å². The second kappa shape index (κ2) is 6.57. The van der Waals surface area contributed by atoms with Gasteiger partial charge in [0.15, 0.2) is 0 Å². The lowest BCUT2D eigenvalue weighted by atomic mass is 9.93. The maximum absolute atomic E-state index is 11.6. The predicted molar refractivity (Wildman–Crippen MR) is 74.3 cm³/mol. The van der Waals surface area contributed by atoms with Gasteiger partial charge in [-0.05, 0) is 50.8 Å². The number of aliphatic hydroxyl groups is 1. The molecule has 104 valence electrons. The summed E-state index contributed by atoms with van der Waals surface area (Å²) in [5, 5.41) is 12.9. The molecular formula is C15H21NO3. The molecule has 1 aliphatic rings. The van der Waals surface area contributed by atoms with E-state index in [-0.39, 0.29) is 12.1 Å². The zero-order valence-corrected chi connectivity index (χ0v) is 11.3. The maximum Gasteiger partial charge on any atom is 0.338 e. The van der Waals surface area contributed by atoms with Gasteiger partial charge in [0.25, 0.3) is 0 Å². The average molecular weight is 263 g/mol. The standard InChI is InChI=1S/C15H21NO3/c1-2-19-15(18)11-4-3-5-13(10-11)16-12-6-8-14(17)9-7-12/h3-5,10,12,14,16-17H,2,6-9H2,1H3. The lowest BCUT2D eigenvalue weighted by molar-refractivity contribution is 0.0526. The van der Waals surface area contributed by atoms with Crippen LogP contribution >= 0.6 is 0 Å². The van der Waals surface area contributed by atoms with Crippen LogP contribution in [0.25, 0.3) is 0 Å². The number of ether oxygens (including phenoxy) is 1. The van der Waals surface area contributed by atoms with Crippen molar-refractivity contribution >= 4 is 11.7 Å². The number of hydrogen-bond donors (Lipinski definition) is 2. The topological polar surface area (TPSA) is 58.6 Å². The van der Waals surface area contributed by atoms with Crippen molar-refractivity contribution in [1.29, 1.82) is 0 Å². The van der Waals surface area contributed by atoms with Gasteiger partial charge in [-0.3, -0.25) is 0 Å². The highest BCUT2D eigenvalue weighted by Crippen LogP contribution is 2.22. The molecule has 0 saturated heterocycles. The third-order valence-electron chi connectivity index (χ3n) is 3.44. The lowest BCUT2D eigenvalue weighted by Gasteiger charge is -2.27. The van der Waals surface area contributed by atoms with E-state index in [1.54, 1.807) is 13.0 Å². The average Bonchev–Trinajstić information content (AvgIpc) is 2.42. The molecule has 0 heterocycles. The molecule has 1 aliphatic carbocycles. The first-order valence-corrected chi connectivity index (χ1v) is 6.91. The summed E-state index contributed by atoms with van der Waals surface area (Å²) in [5.41, 5.74) is 1.51. The number of benzene rings is 1. The summed E-state index contributed by atoms with van der Waals surface area (Å²) in [5.74, 6) is -0.287. The molecule has 0 amide bonds. The Hall–Kier alpha value is -1.55. The molecule has 19 heavy (non-hydrogen) atoms. The van der Waals surface area contributed by atoms with Gasteiger partial charge in [-0.1, -0.05) is 6.07 Å². The number of nitrogens with one attached hydrogen (secondary N) is 1. The number of hydrogen-bond acceptors (Lipinski definition) is 4. The Morgan fingerprint density at radius 2 is 2.11 bits per heavy atom. The van der Waals surface area contributed by atoms with Crippen molar-refractivity contribution in [3.05, 3.63) is 29.8 Å². The highest BCUT2D eigenvalue weighted by atomic mass is 16.5. The van der Waals surface area contributed by atoms with E-state index < -0.39 is 0 Å². The predicted octanol–water partition coefficient (Wildman–Crippen LogP) is 2.58. The molecule has 0 spiro atoms. The Morgan fingerprint density at radius 3 is 2.79 bits per heavy atom. The Labute approximate surface area is 113 Å². The van der Waals surface area contributed by atoms with Crippen molar-refractivity contribution in [2.45, 2.75) is 44.8 Å². The van der Waals surface area contributed by atoms with E-state index in [4.69, 9.17) is 4.74 Å². The van der Waals surface area contributed by atoms with Crippen LogP contribution in [0, 0.1) is 0 Å². The summed E-state index contributed by atoms with van der Waals surface area (Å²) in [4.78, 5) is 11.6. The summed E-state index contributed by atoms with van der Waals surface area (Å²) in [6.45, 7) is 2.18. The smallest absolute Gasteiger partial charge is 0.338 e. The molecule has 0 bridgehead atoms.